The maximum Gasteiger partial charge on any atom is 0.414 e. The molecule has 0 saturated carbocycles. The van der Waals surface area contributed by atoms with Gasteiger partial charge in [0.25, 0.3) is 0 Å². The summed E-state index contributed by atoms with van der Waals surface area (Å²) in [5.41, 5.74) is 7.42. The zero-order chi connectivity index (χ0) is 18.5. The number of cyclic esters (lactones) is 1. The standard InChI is InChI=1S/C18H25N3O5/c19-8-13-3-5-14(6-4-13)21-11-16(26-18(21)24)10-20-7-1-2-15(9-20)25-12-17(22)23/h3-6,15-16H,1-2,7-12,19H2,(H,22,23). The lowest BCUT2D eigenvalue weighted by Crippen LogP contribution is -2.44. The van der Waals surface area contributed by atoms with Gasteiger partial charge in [-0.15, -0.1) is 0 Å². The van der Waals surface area contributed by atoms with E-state index in [1.54, 1.807) is 4.90 Å². The fraction of sp³-hybridized carbons (Fsp3) is 0.556. The molecule has 1 aromatic rings. The van der Waals surface area contributed by atoms with Gasteiger partial charge in [0.15, 0.2) is 0 Å². The van der Waals surface area contributed by atoms with Crippen molar-refractivity contribution in [3.05, 3.63) is 29.8 Å². The molecule has 2 aliphatic rings. The number of carboxylic acids is 1. The van der Waals surface area contributed by atoms with Crippen LogP contribution in [0, 0.1) is 0 Å². The van der Waals surface area contributed by atoms with E-state index < -0.39 is 5.97 Å². The largest absolute Gasteiger partial charge is 0.480 e. The van der Waals surface area contributed by atoms with Crippen LogP contribution in [0.1, 0.15) is 18.4 Å². The van der Waals surface area contributed by atoms with E-state index in [2.05, 4.69) is 4.90 Å². The number of carbonyl (C=O) groups is 2. The van der Waals surface area contributed by atoms with Gasteiger partial charge >= 0.3 is 12.1 Å². The molecule has 0 bridgehead atoms. The number of amides is 1. The van der Waals surface area contributed by atoms with Crippen molar-refractivity contribution < 1.29 is 24.2 Å². The van der Waals surface area contributed by atoms with Crippen molar-refractivity contribution in [2.75, 3.05) is 37.7 Å². The predicted octanol–water partition coefficient (Wildman–Crippen LogP) is 1.04. The summed E-state index contributed by atoms with van der Waals surface area (Å²) in [6.45, 7) is 2.86. The monoisotopic (exact) mass is 363 g/mol. The second kappa shape index (κ2) is 8.48. The molecule has 3 rings (SSSR count). The number of piperidine rings is 1. The molecule has 8 nitrogen and oxygen atoms in total. The first-order chi connectivity index (χ1) is 12.5. The highest BCUT2D eigenvalue weighted by Gasteiger charge is 2.34. The summed E-state index contributed by atoms with van der Waals surface area (Å²) in [6.07, 6.45) is 1.15. The van der Waals surface area contributed by atoms with Gasteiger partial charge in [0.05, 0.1) is 12.6 Å². The normalized spacial score (nSPS) is 23.9. The topological polar surface area (TPSA) is 105 Å². The lowest BCUT2D eigenvalue weighted by molar-refractivity contribution is -0.145. The average molecular weight is 363 g/mol. The van der Waals surface area contributed by atoms with Gasteiger partial charge in [-0.3, -0.25) is 9.80 Å². The Morgan fingerprint density at radius 2 is 2.08 bits per heavy atom. The molecule has 2 aliphatic heterocycles. The van der Waals surface area contributed by atoms with Crippen LogP contribution in [-0.2, 0) is 20.8 Å². The minimum Gasteiger partial charge on any atom is -0.480 e. The van der Waals surface area contributed by atoms with Crippen molar-refractivity contribution in [2.45, 2.75) is 31.6 Å². The molecule has 8 heteroatoms. The van der Waals surface area contributed by atoms with Crippen LogP contribution in [0.5, 0.6) is 0 Å². The molecule has 0 aromatic heterocycles. The highest BCUT2D eigenvalue weighted by molar-refractivity contribution is 5.89. The predicted molar refractivity (Wildman–Crippen MR) is 95.0 cm³/mol. The maximum absolute atomic E-state index is 12.2. The molecule has 2 saturated heterocycles. The zero-order valence-electron chi connectivity index (χ0n) is 14.7. The second-order valence-corrected chi connectivity index (χ2v) is 6.72. The number of hydrogen-bond acceptors (Lipinski definition) is 6. The van der Waals surface area contributed by atoms with Crippen molar-refractivity contribution in [2.24, 2.45) is 5.73 Å². The molecule has 0 aliphatic carbocycles. The van der Waals surface area contributed by atoms with Crippen LogP contribution in [-0.4, -0.2) is 67.1 Å². The molecule has 2 atom stereocenters. The number of nitrogens with two attached hydrogens (primary N) is 1. The zero-order valence-corrected chi connectivity index (χ0v) is 14.7. The number of anilines is 1. The molecule has 142 valence electrons. The smallest absolute Gasteiger partial charge is 0.414 e. The van der Waals surface area contributed by atoms with Crippen molar-refractivity contribution in [3.8, 4) is 0 Å². The number of carboxylic acid groups (broad SMARTS) is 1. The Balaban J connectivity index is 1.52. The number of rotatable bonds is 7. The Morgan fingerprint density at radius 3 is 2.77 bits per heavy atom. The van der Waals surface area contributed by atoms with Gasteiger partial charge in [0, 0.05) is 25.3 Å². The molecule has 0 radical (unpaired) electrons. The minimum absolute atomic E-state index is 0.0862. The lowest BCUT2D eigenvalue weighted by atomic mass is 10.1. The number of carbonyl (C=O) groups excluding carboxylic acids is 1. The number of nitrogens with zero attached hydrogens (tertiary/aromatic N) is 2. The lowest BCUT2D eigenvalue weighted by Gasteiger charge is -2.33. The summed E-state index contributed by atoms with van der Waals surface area (Å²) in [7, 11) is 0. The van der Waals surface area contributed by atoms with Crippen LogP contribution in [0.4, 0.5) is 10.5 Å². The Labute approximate surface area is 152 Å². The third kappa shape index (κ3) is 4.72. The number of benzene rings is 1. The summed E-state index contributed by atoms with van der Waals surface area (Å²) in [5.74, 6) is -0.955. The van der Waals surface area contributed by atoms with Crippen molar-refractivity contribution in [1.82, 2.24) is 4.90 Å². The third-order valence-corrected chi connectivity index (χ3v) is 4.72. The molecule has 2 heterocycles. The number of likely N-dealkylation sites (tertiary alicyclic amines) is 1. The molecule has 2 unspecified atom stereocenters. The Hall–Kier alpha value is -2.16. The molecule has 26 heavy (non-hydrogen) atoms. The summed E-state index contributed by atoms with van der Waals surface area (Å²) in [5, 5.41) is 8.73. The van der Waals surface area contributed by atoms with Gasteiger partial charge in [0.1, 0.15) is 12.7 Å². The average Bonchev–Trinajstić information content (AvgIpc) is 3.00. The van der Waals surface area contributed by atoms with Crippen LogP contribution in [0.25, 0.3) is 0 Å². The van der Waals surface area contributed by atoms with Crippen molar-refractivity contribution in [3.63, 3.8) is 0 Å². The van der Waals surface area contributed by atoms with Crippen LogP contribution in [0.3, 0.4) is 0 Å². The van der Waals surface area contributed by atoms with Crippen LogP contribution < -0.4 is 10.6 Å². The van der Waals surface area contributed by atoms with Crippen LogP contribution >= 0.6 is 0 Å². The van der Waals surface area contributed by atoms with E-state index in [0.29, 0.717) is 26.2 Å². The maximum atomic E-state index is 12.2. The fourth-order valence-corrected chi connectivity index (χ4v) is 3.43. The van der Waals surface area contributed by atoms with Gasteiger partial charge in [-0.1, -0.05) is 12.1 Å². The van der Waals surface area contributed by atoms with Gasteiger partial charge < -0.3 is 20.3 Å². The van der Waals surface area contributed by atoms with Gasteiger partial charge in [-0.25, -0.2) is 9.59 Å². The molecule has 1 aromatic carbocycles. The number of aliphatic carboxylic acids is 1. The van der Waals surface area contributed by atoms with E-state index in [4.69, 9.17) is 20.3 Å². The summed E-state index contributed by atoms with van der Waals surface area (Å²) in [4.78, 5) is 26.6. The van der Waals surface area contributed by atoms with Gasteiger partial charge in [-0.05, 0) is 37.1 Å². The van der Waals surface area contributed by atoms with E-state index >= 15 is 0 Å². The molecular weight excluding hydrogens is 338 g/mol. The molecule has 1 amide bonds. The third-order valence-electron chi connectivity index (χ3n) is 4.72. The van der Waals surface area contributed by atoms with Crippen LogP contribution in [0.2, 0.25) is 0 Å². The van der Waals surface area contributed by atoms with Gasteiger partial charge in [-0.2, -0.15) is 0 Å². The molecule has 2 fully saturated rings. The summed E-state index contributed by atoms with van der Waals surface area (Å²) < 4.78 is 10.9. The molecule has 3 N–H and O–H groups in total. The highest BCUT2D eigenvalue weighted by atomic mass is 16.6. The second-order valence-electron chi connectivity index (χ2n) is 6.72. The Kier molecular flexibility index (Phi) is 6.08. The van der Waals surface area contributed by atoms with Crippen LogP contribution in [0.15, 0.2) is 24.3 Å². The van der Waals surface area contributed by atoms with E-state index in [0.717, 1.165) is 30.6 Å². The van der Waals surface area contributed by atoms with Crippen molar-refractivity contribution in [1.29, 1.82) is 0 Å². The fourth-order valence-electron chi connectivity index (χ4n) is 3.43. The van der Waals surface area contributed by atoms with Gasteiger partial charge in [0.2, 0.25) is 0 Å². The Morgan fingerprint density at radius 1 is 1.31 bits per heavy atom. The Bertz CT molecular complexity index is 636. The van der Waals surface area contributed by atoms with E-state index in [1.807, 2.05) is 24.3 Å². The number of hydrogen-bond donors (Lipinski definition) is 2. The van der Waals surface area contributed by atoms with E-state index in [-0.39, 0.29) is 24.9 Å². The first-order valence-corrected chi connectivity index (χ1v) is 8.88. The summed E-state index contributed by atoms with van der Waals surface area (Å²) >= 11 is 0. The minimum atomic E-state index is -0.955. The first kappa shape index (κ1) is 18.6. The molecule has 0 spiro atoms. The van der Waals surface area contributed by atoms with Crippen molar-refractivity contribution >= 4 is 17.7 Å². The molecular formula is C18H25N3O5. The SMILES string of the molecule is NCc1ccc(N2CC(CN3CCCC(OCC(=O)O)C3)OC2=O)cc1. The van der Waals surface area contributed by atoms with E-state index in [1.165, 1.54) is 0 Å². The number of ether oxygens (including phenoxy) is 2. The first-order valence-electron chi connectivity index (χ1n) is 8.88. The highest BCUT2D eigenvalue weighted by Crippen LogP contribution is 2.23. The quantitative estimate of drug-likeness (QED) is 0.745. The summed E-state index contributed by atoms with van der Waals surface area (Å²) in [6, 6.07) is 7.57. The van der Waals surface area contributed by atoms with E-state index in [9.17, 15) is 9.59 Å².